The van der Waals surface area contributed by atoms with E-state index in [9.17, 15) is 18.0 Å². The van der Waals surface area contributed by atoms with Gasteiger partial charge in [0.25, 0.3) is 10.0 Å². The predicted molar refractivity (Wildman–Crippen MR) is 130 cm³/mol. The average molecular weight is 484 g/mol. The summed E-state index contributed by atoms with van der Waals surface area (Å²) in [4.78, 5) is 24.1. The van der Waals surface area contributed by atoms with E-state index in [-0.39, 0.29) is 16.5 Å². The number of amides is 2. The van der Waals surface area contributed by atoms with Gasteiger partial charge in [0.05, 0.1) is 24.8 Å². The molecule has 0 saturated heterocycles. The van der Waals surface area contributed by atoms with E-state index >= 15 is 0 Å². The van der Waals surface area contributed by atoms with Crippen molar-refractivity contribution in [2.45, 2.75) is 11.8 Å². The van der Waals surface area contributed by atoms with Crippen LogP contribution in [0.25, 0.3) is 0 Å². The molecular weight excluding hydrogens is 458 g/mol. The molecule has 0 fully saturated rings. The number of ether oxygens (including phenoxy) is 2. The fourth-order valence-electron chi connectivity index (χ4n) is 3.19. The molecule has 0 unspecified atom stereocenters. The first kappa shape index (κ1) is 24.6. The van der Waals surface area contributed by atoms with Crippen LogP contribution in [-0.4, -0.2) is 41.0 Å². The van der Waals surface area contributed by atoms with Crippen molar-refractivity contribution in [3.63, 3.8) is 0 Å². The fourth-order valence-corrected chi connectivity index (χ4v) is 4.62. The van der Waals surface area contributed by atoms with Crippen molar-refractivity contribution < 1.29 is 27.5 Å². The van der Waals surface area contributed by atoms with Gasteiger partial charge in [0.15, 0.2) is 11.5 Å². The van der Waals surface area contributed by atoms with Crippen molar-refractivity contribution in [2.24, 2.45) is 0 Å². The number of carbonyl (C=O) groups excluding carboxylic acids is 2. The van der Waals surface area contributed by atoms with Crippen molar-refractivity contribution >= 4 is 38.9 Å². The Morgan fingerprint density at radius 1 is 0.824 bits per heavy atom. The van der Waals surface area contributed by atoms with E-state index < -0.39 is 22.5 Å². The van der Waals surface area contributed by atoms with Gasteiger partial charge in [-0.15, -0.1) is 0 Å². The minimum Gasteiger partial charge on any atom is -0.493 e. The van der Waals surface area contributed by atoms with Crippen LogP contribution >= 0.6 is 0 Å². The van der Waals surface area contributed by atoms with Crippen LogP contribution in [0.5, 0.6) is 11.5 Å². The van der Waals surface area contributed by atoms with Gasteiger partial charge in [0, 0.05) is 24.4 Å². The van der Waals surface area contributed by atoms with E-state index in [2.05, 4.69) is 10.6 Å². The Labute approximate surface area is 198 Å². The predicted octanol–water partition coefficient (Wildman–Crippen LogP) is 3.50. The summed E-state index contributed by atoms with van der Waals surface area (Å²) in [6.45, 7) is 0.909. The standard InChI is InChI=1S/C24H25N3O6S/c1-17(28)25-18-9-11-19(12-10-18)26-24(29)16-27(34(30,31)21-7-5-4-6-8-21)20-13-14-22(32-2)23(15-20)33-3/h4-15H,16H2,1-3H3,(H,25,28)(H,26,29). The van der Waals surface area contributed by atoms with Gasteiger partial charge in [-0.05, 0) is 48.5 Å². The maximum Gasteiger partial charge on any atom is 0.264 e. The zero-order valence-electron chi connectivity index (χ0n) is 18.9. The summed E-state index contributed by atoms with van der Waals surface area (Å²) >= 11 is 0. The molecule has 0 aromatic heterocycles. The van der Waals surface area contributed by atoms with Crippen LogP contribution in [-0.2, 0) is 19.6 Å². The highest BCUT2D eigenvalue weighted by Gasteiger charge is 2.28. The van der Waals surface area contributed by atoms with Gasteiger partial charge in [-0.2, -0.15) is 0 Å². The molecule has 3 aromatic carbocycles. The number of nitrogens with one attached hydrogen (secondary N) is 2. The lowest BCUT2D eigenvalue weighted by atomic mass is 10.2. The number of rotatable bonds is 9. The number of sulfonamides is 1. The molecule has 0 aliphatic heterocycles. The maximum atomic E-state index is 13.5. The highest BCUT2D eigenvalue weighted by atomic mass is 32.2. The minimum atomic E-state index is -4.08. The van der Waals surface area contributed by atoms with Crippen LogP contribution in [0, 0.1) is 0 Å². The second-order valence-corrected chi connectivity index (χ2v) is 9.03. The highest BCUT2D eigenvalue weighted by Crippen LogP contribution is 2.33. The summed E-state index contributed by atoms with van der Waals surface area (Å²) in [6.07, 6.45) is 0. The van der Waals surface area contributed by atoms with E-state index in [0.717, 1.165) is 4.31 Å². The van der Waals surface area contributed by atoms with Crippen LogP contribution in [0.3, 0.4) is 0 Å². The zero-order chi connectivity index (χ0) is 24.7. The highest BCUT2D eigenvalue weighted by molar-refractivity contribution is 7.92. The van der Waals surface area contributed by atoms with Crippen molar-refractivity contribution in [1.82, 2.24) is 0 Å². The number of hydrogen-bond acceptors (Lipinski definition) is 6. The molecule has 0 atom stereocenters. The number of benzene rings is 3. The SMILES string of the molecule is COc1ccc(N(CC(=O)Nc2ccc(NC(C)=O)cc2)S(=O)(=O)c2ccccc2)cc1OC. The zero-order valence-corrected chi connectivity index (χ0v) is 19.8. The van der Waals surface area contributed by atoms with Crippen molar-refractivity contribution in [2.75, 3.05) is 35.7 Å². The number of nitrogens with zero attached hydrogens (tertiary/aromatic N) is 1. The normalized spacial score (nSPS) is 10.8. The summed E-state index contributed by atoms with van der Waals surface area (Å²) in [5.74, 6) is -0.0238. The fraction of sp³-hybridized carbons (Fsp3) is 0.167. The Hall–Kier alpha value is -4.05. The number of anilines is 3. The third-order valence-electron chi connectivity index (χ3n) is 4.76. The molecule has 0 aliphatic rings. The summed E-state index contributed by atoms with van der Waals surface area (Å²) in [5.41, 5.74) is 1.25. The summed E-state index contributed by atoms with van der Waals surface area (Å²) in [7, 11) is -1.17. The quantitative estimate of drug-likeness (QED) is 0.482. The Morgan fingerprint density at radius 2 is 1.41 bits per heavy atom. The van der Waals surface area contributed by atoms with Gasteiger partial charge in [-0.1, -0.05) is 18.2 Å². The van der Waals surface area contributed by atoms with E-state index in [1.165, 1.54) is 45.4 Å². The molecule has 34 heavy (non-hydrogen) atoms. The molecule has 0 radical (unpaired) electrons. The molecule has 0 heterocycles. The van der Waals surface area contributed by atoms with E-state index in [1.54, 1.807) is 48.5 Å². The Bertz CT molecular complexity index is 1260. The summed E-state index contributed by atoms with van der Waals surface area (Å²) in [5, 5.41) is 5.32. The molecule has 2 N–H and O–H groups in total. The molecule has 10 heteroatoms. The lowest BCUT2D eigenvalue weighted by Gasteiger charge is -2.25. The molecule has 0 bridgehead atoms. The largest absolute Gasteiger partial charge is 0.493 e. The van der Waals surface area contributed by atoms with Crippen LogP contribution in [0.2, 0.25) is 0 Å². The van der Waals surface area contributed by atoms with Gasteiger partial charge in [0.1, 0.15) is 6.54 Å². The van der Waals surface area contributed by atoms with Gasteiger partial charge in [-0.25, -0.2) is 8.42 Å². The lowest BCUT2D eigenvalue weighted by Crippen LogP contribution is -2.38. The molecule has 2 amide bonds. The first-order valence-corrected chi connectivity index (χ1v) is 11.7. The topological polar surface area (TPSA) is 114 Å². The smallest absolute Gasteiger partial charge is 0.264 e. The van der Waals surface area contributed by atoms with E-state index in [0.29, 0.717) is 22.9 Å². The molecule has 3 rings (SSSR count). The molecule has 178 valence electrons. The number of carbonyl (C=O) groups is 2. The number of methoxy groups -OCH3 is 2. The van der Waals surface area contributed by atoms with E-state index in [4.69, 9.17) is 9.47 Å². The first-order valence-electron chi connectivity index (χ1n) is 10.2. The molecule has 0 aliphatic carbocycles. The lowest BCUT2D eigenvalue weighted by molar-refractivity contribution is -0.115. The first-order chi connectivity index (χ1) is 16.2. The summed E-state index contributed by atoms with van der Waals surface area (Å²) in [6, 6.07) is 18.9. The Kier molecular flexibility index (Phi) is 7.75. The Morgan fingerprint density at radius 3 is 1.97 bits per heavy atom. The maximum absolute atomic E-state index is 13.5. The molecular formula is C24H25N3O6S. The number of hydrogen-bond donors (Lipinski definition) is 2. The van der Waals surface area contributed by atoms with Gasteiger partial charge < -0.3 is 20.1 Å². The molecule has 0 spiro atoms. The van der Waals surface area contributed by atoms with Gasteiger partial charge >= 0.3 is 0 Å². The monoisotopic (exact) mass is 483 g/mol. The molecule has 0 saturated carbocycles. The minimum absolute atomic E-state index is 0.0391. The van der Waals surface area contributed by atoms with Crippen molar-refractivity contribution in [3.05, 3.63) is 72.8 Å². The Balaban J connectivity index is 1.91. The second-order valence-electron chi connectivity index (χ2n) is 7.17. The third-order valence-corrected chi connectivity index (χ3v) is 6.55. The van der Waals surface area contributed by atoms with Crippen molar-refractivity contribution in [1.29, 1.82) is 0 Å². The van der Waals surface area contributed by atoms with Crippen LogP contribution in [0.4, 0.5) is 17.1 Å². The van der Waals surface area contributed by atoms with Crippen LogP contribution in [0.1, 0.15) is 6.92 Å². The average Bonchev–Trinajstić information content (AvgIpc) is 2.83. The second kappa shape index (κ2) is 10.7. The molecule has 9 nitrogen and oxygen atoms in total. The summed E-state index contributed by atoms with van der Waals surface area (Å²) < 4.78 is 38.5. The van der Waals surface area contributed by atoms with Gasteiger partial charge in [0.2, 0.25) is 11.8 Å². The van der Waals surface area contributed by atoms with Crippen LogP contribution in [0.15, 0.2) is 77.7 Å². The van der Waals surface area contributed by atoms with Crippen LogP contribution < -0.4 is 24.4 Å². The van der Waals surface area contributed by atoms with Gasteiger partial charge in [-0.3, -0.25) is 13.9 Å². The third kappa shape index (κ3) is 5.84. The molecule has 3 aromatic rings. The van der Waals surface area contributed by atoms with Crippen molar-refractivity contribution in [3.8, 4) is 11.5 Å². The van der Waals surface area contributed by atoms with E-state index in [1.807, 2.05) is 0 Å².